The fourth-order valence-corrected chi connectivity index (χ4v) is 2.87. The number of rotatable bonds is 4. The second-order valence-electron chi connectivity index (χ2n) is 7.96. The lowest BCUT2D eigenvalue weighted by molar-refractivity contribution is 0.102. The van der Waals surface area contributed by atoms with Crippen LogP contribution in [0.2, 0.25) is 0 Å². The second-order valence-corrected chi connectivity index (χ2v) is 7.96. The van der Waals surface area contributed by atoms with Gasteiger partial charge in [0, 0.05) is 28.3 Å². The highest BCUT2D eigenvalue weighted by atomic mass is 16.1. The number of nitrogens with zero attached hydrogens (tertiary/aromatic N) is 2. The molecule has 2 aromatic carbocycles. The third kappa shape index (κ3) is 4.94. The number of carbonyl (C=O) groups is 1. The first-order valence-electron chi connectivity index (χ1n) is 9.32. The first-order valence-corrected chi connectivity index (χ1v) is 9.32. The molecule has 0 spiro atoms. The van der Waals surface area contributed by atoms with Gasteiger partial charge >= 0.3 is 0 Å². The minimum atomic E-state index is -0.126. The van der Waals surface area contributed by atoms with Crippen LogP contribution in [0.5, 0.6) is 0 Å². The van der Waals surface area contributed by atoms with Gasteiger partial charge in [-0.15, -0.1) is 0 Å². The molecular weight excluding hydrogens is 348 g/mol. The Kier molecular flexibility index (Phi) is 5.45. The molecule has 28 heavy (non-hydrogen) atoms. The van der Waals surface area contributed by atoms with E-state index in [0.29, 0.717) is 11.5 Å². The summed E-state index contributed by atoms with van der Waals surface area (Å²) in [6.07, 6.45) is 0. The van der Waals surface area contributed by atoms with E-state index in [-0.39, 0.29) is 11.3 Å². The smallest absolute Gasteiger partial charge is 0.255 e. The number of anilines is 3. The third-order valence-electron chi connectivity index (χ3n) is 4.39. The molecule has 1 aromatic heterocycles. The van der Waals surface area contributed by atoms with Crippen LogP contribution in [-0.2, 0) is 5.41 Å². The summed E-state index contributed by atoms with van der Waals surface area (Å²) in [5, 5.41) is 6.11. The largest absolute Gasteiger partial charge is 0.324 e. The van der Waals surface area contributed by atoms with E-state index < -0.39 is 0 Å². The molecular formula is C23H26N4O. The Labute approximate surface area is 166 Å². The Hall–Kier alpha value is -3.21. The molecule has 1 heterocycles. The maximum absolute atomic E-state index is 12.5. The molecule has 144 valence electrons. The summed E-state index contributed by atoms with van der Waals surface area (Å²) in [7, 11) is 0. The van der Waals surface area contributed by atoms with Gasteiger partial charge in [0.2, 0.25) is 5.95 Å². The van der Waals surface area contributed by atoms with Gasteiger partial charge in [-0.05, 0) is 67.3 Å². The van der Waals surface area contributed by atoms with Crippen LogP contribution in [0.4, 0.5) is 17.3 Å². The molecule has 0 fully saturated rings. The number of benzene rings is 2. The highest BCUT2D eigenvalue weighted by molar-refractivity contribution is 6.04. The van der Waals surface area contributed by atoms with Crippen molar-refractivity contribution in [3.05, 3.63) is 77.1 Å². The number of aryl methyl sites for hydroxylation is 2. The number of carbonyl (C=O) groups excluding carboxylic acids is 1. The van der Waals surface area contributed by atoms with E-state index in [0.717, 1.165) is 22.8 Å². The summed E-state index contributed by atoms with van der Waals surface area (Å²) < 4.78 is 0. The van der Waals surface area contributed by atoms with Crippen molar-refractivity contribution in [2.45, 2.75) is 40.0 Å². The summed E-state index contributed by atoms with van der Waals surface area (Å²) in [5.74, 6) is 0.437. The summed E-state index contributed by atoms with van der Waals surface area (Å²) >= 11 is 0. The molecule has 0 saturated carbocycles. The van der Waals surface area contributed by atoms with Gasteiger partial charge in [0.05, 0.1) is 0 Å². The summed E-state index contributed by atoms with van der Waals surface area (Å²) in [6.45, 7) is 10.3. The zero-order valence-corrected chi connectivity index (χ0v) is 17.0. The molecule has 3 rings (SSSR count). The van der Waals surface area contributed by atoms with Crippen molar-refractivity contribution in [3.8, 4) is 0 Å². The Balaban J connectivity index is 1.66. The zero-order valence-electron chi connectivity index (χ0n) is 17.0. The molecule has 2 N–H and O–H groups in total. The molecule has 0 bridgehead atoms. The van der Waals surface area contributed by atoms with Gasteiger partial charge in [-0.2, -0.15) is 0 Å². The van der Waals surface area contributed by atoms with E-state index in [1.54, 1.807) is 0 Å². The molecule has 1 amide bonds. The normalized spacial score (nSPS) is 11.2. The minimum Gasteiger partial charge on any atom is -0.324 e. The summed E-state index contributed by atoms with van der Waals surface area (Å²) in [4.78, 5) is 21.2. The summed E-state index contributed by atoms with van der Waals surface area (Å²) in [5.41, 5.74) is 5.33. The summed E-state index contributed by atoms with van der Waals surface area (Å²) in [6, 6.07) is 17.2. The Morgan fingerprint density at radius 2 is 1.36 bits per heavy atom. The Morgan fingerprint density at radius 1 is 0.821 bits per heavy atom. The predicted molar refractivity (Wildman–Crippen MR) is 114 cm³/mol. The standard InChI is InChI=1S/C23H26N4O/c1-15-14-16(2)25-22(24-15)27-20-12-10-19(11-13-20)26-21(28)17-6-8-18(9-7-17)23(3,4)5/h6-14H,1-5H3,(H,26,28)(H,24,25,27). The van der Waals surface area contributed by atoms with Crippen LogP contribution < -0.4 is 10.6 Å². The Morgan fingerprint density at radius 3 is 1.89 bits per heavy atom. The van der Waals surface area contributed by atoms with Crippen LogP contribution in [0.15, 0.2) is 54.6 Å². The van der Waals surface area contributed by atoms with E-state index in [1.165, 1.54) is 5.56 Å². The molecule has 0 saturated heterocycles. The van der Waals surface area contributed by atoms with E-state index >= 15 is 0 Å². The van der Waals surface area contributed by atoms with Crippen LogP contribution >= 0.6 is 0 Å². The van der Waals surface area contributed by atoms with Gasteiger partial charge in [-0.3, -0.25) is 4.79 Å². The fraction of sp³-hybridized carbons (Fsp3) is 0.261. The molecule has 0 aliphatic heterocycles. The molecule has 0 radical (unpaired) electrons. The second kappa shape index (κ2) is 7.80. The molecule has 0 aliphatic carbocycles. The van der Waals surface area contributed by atoms with Crippen LogP contribution in [0.3, 0.4) is 0 Å². The van der Waals surface area contributed by atoms with Crippen molar-refractivity contribution in [2.24, 2.45) is 0 Å². The number of hydrogen-bond donors (Lipinski definition) is 2. The predicted octanol–water partition coefficient (Wildman–Crippen LogP) is 5.39. The van der Waals surface area contributed by atoms with Crippen molar-refractivity contribution < 1.29 is 4.79 Å². The van der Waals surface area contributed by atoms with Crippen molar-refractivity contribution in [2.75, 3.05) is 10.6 Å². The zero-order chi connectivity index (χ0) is 20.3. The van der Waals surface area contributed by atoms with E-state index in [9.17, 15) is 4.79 Å². The molecule has 0 unspecified atom stereocenters. The topological polar surface area (TPSA) is 66.9 Å². The van der Waals surface area contributed by atoms with Gasteiger partial charge in [0.25, 0.3) is 5.91 Å². The average Bonchev–Trinajstić information content (AvgIpc) is 2.62. The third-order valence-corrected chi connectivity index (χ3v) is 4.39. The minimum absolute atomic E-state index is 0.0669. The van der Waals surface area contributed by atoms with Crippen molar-refractivity contribution in [1.82, 2.24) is 9.97 Å². The van der Waals surface area contributed by atoms with Crippen LogP contribution in [0, 0.1) is 13.8 Å². The molecule has 3 aromatic rings. The van der Waals surface area contributed by atoms with Gasteiger partial charge in [-0.25, -0.2) is 9.97 Å². The quantitative estimate of drug-likeness (QED) is 0.643. The van der Waals surface area contributed by atoms with Crippen molar-refractivity contribution in [3.63, 3.8) is 0 Å². The van der Waals surface area contributed by atoms with Crippen LogP contribution in [0.25, 0.3) is 0 Å². The fourth-order valence-electron chi connectivity index (χ4n) is 2.87. The van der Waals surface area contributed by atoms with E-state index in [2.05, 4.69) is 41.4 Å². The lowest BCUT2D eigenvalue weighted by Gasteiger charge is -2.19. The Bertz CT molecular complexity index is 951. The highest BCUT2D eigenvalue weighted by Crippen LogP contribution is 2.23. The first-order chi connectivity index (χ1) is 13.2. The van der Waals surface area contributed by atoms with Gasteiger partial charge in [-0.1, -0.05) is 32.9 Å². The molecule has 0 aliphatic rings. The lowest BCUT2D eigenvalue weighted by Crippen LogP contribution is -2.14. The van der Waals surface area contributed by atoms with Gasteiger partial charge in [0.15, 0.2) is 0 Å². The number of aromatic nitrogens is 2. The maximum Gasteiger partial charge on any atom is 0.255 e. The van der Waals surface area contributed by atoms with Crippen molar-refractivity contribution in [1.29, 1.82) is 0 Å². The maximum atomic E-state index is 12.5. The molecule has 5 heteroatoms. The number of amides is 1. The average molecular weight is 374 g/mol. The van der Waals surface area contributed by atoms with E-state index in [4.69, 9.17) is 0 Å². The number of hydrogen-bond acceptors (Lipinski definition) is 4. The van der Waals surface area contributed by atoms with Gasteiger partial charge < -0.3 is 10.6 Å². The number of nitrogens with one attached hydrogen (secondary N) is 2. The highest BCUT2D eigenvalue weighted by Gasteiger charge is 2.14. The van der Waals surface area contributed by atoms with Gasteiger partial charge in [0.1, 0.15) is 0 Å². The van der Waals surface area contributed by atoms with E-state index in [1.807, 2.05) is 68.4 Å². The van der Waals surface area contributed by atoms with Crippen LogP contribution in [-0.4, -0.2) is 15.9 Å². The SMILES string of the molecule is Cc1cc(C)nc(Nc2ccc(NC(=O)c3ccc(C(C)(C)C)cc3)cc2)n1. The molecule has 0 atom stereocenters. The van der Waals surface area contributed by atoms with Crippen molar-refractivity contribution >= 4 is 23.2 Å². The first kappa shape index (κ1) is 19.5. The monoisotopic (exact) mass is 374 g/mol. The van der Waals surface area contributed by atoms with Crippen LogP contribution in [0.1, 0.15) is 48.1 Å². The molecule has 5 nitrogen and oxygen atoms in total. The lowest BCUT2D eigenvalue weighted by atomic mass is 9.87.